The summed E-state index contributed by atoms with van der Waals surface area (Å²) >= 11 is 0. The van der Waals surface area contributed by atoms with Crippen LogP contribution in [0.1, 0.15) is 37.3 Å². The van der Waals surface area contributed by atoms with Crippen LogP contribution in [0, 0.1) is 11.8 Å². The molecule has 126 valence electrons. The van der Waals surface area contributed by atoms with Gasteiger partial charge in [-0.25, -0.2) is 0 Å². The molecule has 1 amide bonds. The monoisotopic (exact) mass is 321 g/mol. The lowest BCUT2D eigenvalue weighted by atomic mass is 9.73. The maximum absolute atomic E-state index is 12.4. The molecule has 3 rings (SSSR count). The van der Waals surface area contributed by atoms with Gasteiger partial charge in [0.2, 0.25) is 5.91 Å². The molecule has 1 aliphatic carbocycles. The smallest absolute Gasteiger partial charge is 0.309 e. The van der Waals surface area contributed by atoms with Gasteiger partial charge >= 0.3 is 5.97 Å². The molecule has 7 nitrogen and oxygen atoms in total. The third kappa shape index (κ3) is 3.24. The van der Waals surface area contributed by atoms with Crippen LogP contribution in [-0.4, -0.2) is 42.0 Å². The third-order valence-corrected chi connectivity index (χ3v) is 4.84. The summed E-state index contributed by atoms with van der Waals surface area (Å²) in [5.41, 5.74) is 0.945. The van der Waals surface area contributed by atoms with Gasteiger partial charge in [0.05, 0.1) is 31.2 Å². The molecule has 7 heteroatoms. The van der Waals surface area contributed by atoms with E-state index in [0.717, 1.165) is 25.1 Å². The van der Waals surface area contributed by atoms with E-state index in [9.17, 15) is 9.59 Å². The van der Waals surface area contributed by atoms with E-state index in [2.05, 4.69) is 10.4 Å². The number of carbonyl (C=O) groups is 2. The lowest BCUT2D eigenvalue weighted by Crippen LogP contribution is -2.41. The third-order valence-electron chi connectivity index (χ3n) is 4.84. The topological polar surface area (TPSA) is 82.5 Å². The number of nitrogens with one attached hydrogen (secondary N) is 1. The number of ether oxygens (including phenoxy) is 2. The van der Waals surface area contributed by atoms with Gasteiger partial charge < -0.3 is 14.8 Å². The van der Waals surface area contributed by atoms with E-state index in [1.54, 1.807) is 11.7 Å². The maximum atomic E-state index is 12.4. The molecule has 3 atom stereocenters. The second kappa shape index (κ2) is 6.70. The molecule has 1 saturated heterocycles. The van der Waals surface area contributed by atoms with Crippen molar-refractivity contribution in [2.45, 2.75) is 31.6 Å². The fourth-order valence-corrected chi connectivity index (χ4v) is 3.25. The maximum Gasteiger partial charge on any atom is 0.309 e. The van der Waals surface area contributed by atoms with Crippen LogP contribution >= 0.6 is 0 Å². The summed E-state index contributed by atoms with van der Waals surface area (Å²) in [5.74, 6) is -0.126. The molecule has 1 aromatic rings. The van der Waals surface area contributed by atoms with Gasteiger partial charge in [-0.3, -0.25) is 14.3 Å². The number of nitrogens with zero attached hydrogens (tertiary/aromatic N) is 2. The van der Waals surface area contributed by atoms with Crippen molar-refractivity contribution in [2.24, 2.45) is 18.9 Å². The zero-order valence-electron chi connectivity index (χ0n) is 13.6. The molecule has 0 spiro atoms. The first-order valence-corrected chi connectivity index (χ1v) is 8.10. The summed E-state index contributed by atoms with van der Waals surface area (Å²) in [6.45, 7) is 1.49. The predicted molar refractivity (Wildman–Crippen MR) is 82.9 cm³/mol. The molecule has 0 bridgehead atoms. The number of hydrogen-bond acceptors (Lipinski definition) is 5. The summed E-state index contributed by atoms with van der Waals surface area (Å²) in [6.07, 6.45) is 3.51. The van der Waals surface area contributed by atoms with Crippen LogP contribution in [0.4, 0.5) is 5.82 Å². The lowest BCUT2D eigenvalue weighted by molar-refractivity contribution is -0.154. The summed E-state index contributed by atoms with van der Waals surface area (Å²) in [6, 6.07) is 1.91. The fourth-order valence-electron chi connectivity index (χ4n) is 3.25. The average molecular weight is 321 g/mol. The standard InChI is InChI=1S/C16H23N3O4/c1-19-14(8-13(18-19)10-4-3-7-23-9-10)17-15(20)11-5-6-12(11)16(21)22-2/h8,10-12H,3-7,9H2,1-2H3,(H,17,20)/t10?,11-,12+/m0/s1. The van der Waals surface area contributed by atoms with Gasteiger partial charge in [0.1, 0.15) is 5.82 Å². The number of methoxy groups -OCH3 is 1. The minimum atomic E-state index is -0.320. The Bertz CT molecular complexity index is 592. The van der Waals surface area contributed by atoms with E-state index in [4.69, 9.17) is 9.47 Å². The largest absolute Gasteiger partial charge is 0.469 e. The van der Waals surface area contributed by atoms with Crippen molar-refractivity contribution >= 4 is 17.7 Å². The summed E-state index contributed by atoms with van der Waals surface area (Å²) in [7, 11) is 3.16. The molecule has 2 fully saturated rings. The Morgan fingerprint density at radius 1 is 1.35 bits per heavy atom. The first-order valence-electron chi connectivity index (χ1n) is 8.10. The Morgan fingerprint density at radius 3 is 2.74 bits per heavy atom. The van der Waals surface area contributed by atoms with Crippen molar-refractivity contribution < 1.29 is 19.1 Å². The van der Waals surface area contributed by atoms with Gasteiger partial charge in [0.15, 0.2) is 0 Å². The highest BCUT2D eigenvalue weighted by molar-refractivity contribution is 5.95. The van der Waals surface area contributed by atoms with Crippen LogP contribution in [0.15, 0.2) is 6.07 Å². The van der Waals surface area contributed by atoms with E-state index in [0.29, 0.717) is 25.3 Å². The van der Waals surface area contributed by atoms with Crippen molar-refractivity contribution in [1.29, 1.82) is 0 Å². The van der Waals surface area contributed by atoms with Crippen LogP contribution in [0.5, 0.6) is 0 Å². The van der Waals surface area contributed by atoms with Gasteiger partial charge in [-0.2, -0.15) is 5.10 Å². The number of amides is 1. The molecule has 1 unspecified atom stereocenters. The van der Waals surface area contributed by atoms with Gasteiger partial charge in [0.25, 0.3) is 0 Å². The molecule has 1 aromatic heterocycles. The number of hydrogen-bond donors (Lipinski definition) is 1. The van der Waals surface area contributed by atoms with E-state index >= 15 is 0 Å². The van der Waals surface area contributed by atoms with Gasteiger partial charge in [-0.15, -0.1) is 0 Å². The zero-order chi connectivity index (χ0) is 16.4. The number of rotatable bonds is 4. The zero-order valence-corrected chi connectivity index (χ0v) is 13.6. The quantitative estimate of drug-likeness (QED) is 0.849. The van der Waals surface area contributed by atoms with Crippen LogP contribution in [0.2, 0.25) is 0 Å². The first-order chi connectivity index (χ1) is 11.1. The Labute approximate surface area is 135 Å². The molecule has 0 aromatic carbocycles. The number of esters is 1. The highest BCUT2D eigenvalue weighted by atomic mass is 16.5. The summed E-state index contributed by atoms with van der Waals surface area (Å²) in [4.78, 5) is 24.0. The predicted octanol–water partition coefficient (Wildman–Crippen LogP) is 1.45. The van der Waals surface area contributed by atoms with Crippen molar-refractivity contribution in [3.63, 3.8) is 0 Å². The number of aromatic nitrogens is 2. The summed E-state index contributed by atoms with van der Waals surface area (Å²) in [5, 5.41) is 7.38. The Hall–Kier alpha value is -1.89. The fraction of sp³-hybridized carbons (Fsp3) is 0.688. The molecule has 2 heterocycles. The second-order valence-corrected chi connectivity index (χ2v) is 6.29. The number of anilines is 1. The molecular weight excluding hydrogens is 298 g/mol. The van der Waals surface area contributed by atoms with Crippen molar-refractivity contribution in [2.75, 3.05) is 25.6 Å². The SMILES string of the molecule is COC(=O)[C@@H]1CC[C@@H]1C(=O)Nc1cc(C2CCCOC2)nn1C. The van der Waals surface area contributed by atoms with Crippen LogP contribution < -0.4 is 5.32 Å². The molecular formula is C16H23N3O4. The van der Waals surface area contributed by atoms with Crippen LogP contribution in [0.25, 0.3) is 0 Å². The Morgan fingerprint density at radius 2 is 2.13 bits per heavy atom. The van der Waals surface area contributed by atoms with Gasteiger partial charge in [0, 0.05) is 25.6 Å². The second-order valence-electron chi connectivity index (χ2n) is 6.29. The molecule has 23 heavy (non-hydrogen) atoms. The molecule has 1 N–H and O–H groups in total. The van der Waals surface area contributed by atoms with E-state index in [-0.39, 0.29) is 29.6 Å². The first kappa shape index (κ1) is 16.0. The minimum absolute atomic E-state index is 0.138. The molecule has 1 aliphatic heterocycles. The molecule has 0 radical (unpaired) electrons. The minimum Gasteiger partial charge on any atom is -0.469 e. The summed E-state index contributed by atoms with van der Waals surface area (Å²) < 4.78 is 11.9. The average Bonchev–Trinajstić information content (AvgIpc) is 2.88. The lowest BCUT2D eigenvalue weighted by Gasteiger charge is -2.32. The van der Waals surface area contributed by atoms with Gasteiger partial charge in [-0.1, -0.05) is 0 Å². The Kier molecular flexibility index (Phi) is 4.66. The van der Waals surface area contributed by atoms with Crippen molar-refractivity contribution in [3.8, 4) is 0 Å². The van der Waals surface area contributed by atoms with E-state index in [1.807, 2.05) is 6.07 Å². The highest BCUT2D eigenvalue weighted by Crippen LogP contribution is 2.36. The number of carbonyl (C=O) groups excluding carboxylic acids is 2. The Balaban J connectivity index is 1.64. The van der Waals surface area contributed by atoms with Gasteiger partial charge in [-0.05, 0) is 25.7 Å². The van der Waals surface area contributed by atoms with E-state index < -0.39 is 0 Å². The van der Waals surface area contributed by atoms with Crippen LogP contribution in [0.3, 0.4) is 0 Å². The van der Waals surface area contributed by atoms with Crippen molar-refractivity contribution in [1.82, 2.24) is 9.78 Å². The van der Waals surface area contributed by atoms with E-state index in [1.165, 1.54) is 7.11 Å². The molecule has 2 aliphatic rings. The van der Waals surface area contributed by atoms with Crippen molar-refractivity contribution in [3.05, 3.63) is 11.8 Å². The van der Waals surface area contributed by atoms with Crippen LogP contribution in [-0.2, 0) is 26.1 Å². The highest BCUT2D eigenvalue weighted by Gasteiger charge is 2.42. The number of aryl methyl sites for hydroxylation is 1. The normalized spacial score (nSPS) is 27.1. The molecule has 1 saturated carbocycles.